The Hall–Kier alpha value is -3.35. The monoisotopic (exact) mass is 429 g/mol. The molecule has 0 spiro atoms. The zero-order valence-corrected chi connectivity index (χ0v) is 18.5. The van der Waals surface area contributed by atoms with Crippen LogP contribution in [0.25, 0.3) is 11.5 Å². The largest absolute Gasteiger partial charge is 0.493 e. The van der Waals surface area contributed by atoms with Gasteiger partial charge in [-0.3, -0.25) is 9.78 Å². The summed E-state index contributed by atoms with van der Waals surface area (Å²) in [6, 6.07) is 5.96. The number of ether oxygens (including phenoxy) is 1. The fourth-order valence-corrected chi connectivity index (χ4v) is 4.67. The van der Waals surface area contributed by atoms with Crippen molar-refractivity contribution in [1.29, 1.82) is 0 Å². The Bertz CT molecular complexity index is 1150. The van der Waals surface area contributed by atoms with Crippen LogP contribution >= 0.6 is 0 Å². The third-order valence-electron chi connectivity index (χ3n) is 6.14. The number of carbonyl (C=O) groups is 1. The Morgan fingerprint density at radius 2 is 2.12 bits per heavy atom. The van der Waals surface area contributed by atoms with Crippen LogP contribution in [0.15, 0.2) is 43.0 Å². The average molecular weight is 430 g/mol. The van der Waals surface area contributed by atoms with E-state index < -0.39 is 0 Å². The summed E-state index contributed by atoms with van der Waals surface area (Å²) < 4.78 is 5.69. The van der Waals surface area contributed by atoms with Crippen molar-refractivity contribution in [3.63, 3.8) is 0 Å². The van der Waals surface area contributed by atoms with E-state index in [1.54, 1.807) is 18.6 Å². The van der Waals surface area contributed by atoms with Crippen molar-refractivity contribution in [2.75, 3.05) is 6.61 Å². The number of hydrogen-bond donors (Lipinski definition) is 1. The van der Waals surface area contributed by atoms with E-state index in [0.717, 1.165) is 54.9 Å². The molecule has 0 saturated heterocycles. The first kappa shape index (κ1) is 20.5. The normalized spacial score (nSPS) is 18.8. The highest BCUT2D eigenvalue weighted by molar-refractivity contribution is 5.79. The Morgan fingerprint density at radius 3 is 2.97 bits per heavy atom. The number of hydrogen-bond acceptors (Lipinski definition) is 6. The zero-order valence-electron chi connectivity index (χ0n) is 18.5. The van der Waals surface area contributed by atoms with E-state index in [-0.39, 0.29) is 17.4 Å². The highest BCUT2D eigenvalue weighted by Crippen LogP contribution is 2.40. The summed E-state index contributed by atoms with van der Waals surface area (Å²) in [5.41, 5.74) is 4.82. The molecule has 3 aromatic rings. The third kappa shape index (κ3) is 4.33. The van der Waals surface area contributed by atoms with E-state index in [4.69, 9.17) is 9.72 Å². The van der Waals surface area contributed by atoms with Gasteiger partial charge in [-0.2, -0.15) is 0 Å². The zero-order chi connectivity index (χ0) is 22.1. The Kier molecular flexibility index (Phi) is 5.33. The van der Waals surface area contributed by atoms with Gasteiger partial charge in [-0.15, -0.1) is 0 Å². The van der Waals surface area contributed by atoms with Gasteiger partial charge in [0, 0.05) is 24.2 Å². The highest BCUT2D eigenvalue weighted by atomic mass is 16.5. The summed E-state index contributed by atoms with van der Waals surface area (Å²) in [5.74, 6) is 1.52. The summed E-state index contributed by atoms with van der Waals surface area (Å²) >= 11 is 0. The molecule has 3 heterocycles. The molecule has 32 heavy (non-hydrogen) atoms. The lowest BCUT2D eigenvalue weighted by Gasteiger charge is -2.36. The molecule has 2 aliphatic rings. The topological polar surface area (TPSA) is 89.9 Å². The molecule has 1 amide bonds. The Labute approximate surface area is 187 Å². The number of nitrogens with zero attached hydrogens (tertiary/aromatic N) is 4. The lowest BCUT2D eigenvalue weighted by Crippen LogP contribution is -2.37. The van der Waals surface area contributed by atoms with Crippen molar-refractivity contribution >= 4 is 5.91 Å². The SMILES string of the molecule is CC1(C)Cc2nc(-c3cnccn3)ncc2C(NC(=O)Cc2ccc3c(c2)CCCO3)C1. The standard InChI is InChI=1S/C25H27N5O2/c1-25(2)12-19(18-14-28-24(30-20(18)13-25)21-15-26-7-8-27-21)29-23(31)11-16-5-6-22-17(10-16)4-3-9-32-22/h5-8,10,14-15,19H,3-4,9,11-13H2,1-2H3,(H,29,31). The van der Waals surface area contributed by atoms with E-state index in [9.17, 15) is 4.79 Å². The summed E-state index contributed by atoms with van der Waals surface area (Å²) in [6.07, 6.45) is 10.8. The van der Waals surface area contributed by atoms with Crippen LogP contribution in [0.5, 0.6) is 5.75 Å². The molecule has 0 fully saturated rings. The van der Waals surface area contributed by atoms with Crippen molar-refractivity contribution in [3.05, 3.63) is 65.4 Å². The molecule has 7 heteroatoms. The number of fused-ring (bicyclic) bond motifs is 2. The van der Waals surface area contributed by atoms with Gasteiger partial charge in [-0.25, -0.2) is 15.0 Å². The second kappa shape index (κ2) is 8.30. The van der Waals surface area contributed by atoms with Crippen LogP contribution in [0.4, 0.5) is 0 Å². The molecule has 2 aromatic heterocycles. The lowest BCUT2D eigenvalue weighted by atomic mass is 9.74. The van der Waals surface area contributed by atoms with E-state index in [2.05, 4.69) is 40.2 Å². The molecule has 1 unspecified atom stereocenters. The number of aromatic nitrogens is 4. The minimum absolute atomic E-state index is 0.00771. The Morgan fingerprint density at radius 1 is 1.22 bits per heavy atom. The number of nitrogens with one attached hydrogen (secondary N) is 1. The smallest absolute Gasteiger partial charge is 0.224 e. The summed E-state index contributed by atoms with van der Waals surface area (Å²) in [4.78, 5) is 30.7. The molecule has 5 rings (SSSR count). The average Bonchev–Trinajstić information content (AvgIpc) is 2.78. The fraction of sp³-hybridized carbons (Fsp3) is 0.400. The van der Waals surface area contributed by atoms with Gasteiger partial charge in [0.05, 0.1) is 31.0 Å². The summed E-state index contributed by atoms with van der Waals surface area (Å²) in [7, 11) is 0. The molecular weight excluding hydrogens is 402 g/mol. The fourth-order valence-electron chi connectivity index (χ4n) is 4.67. The minimum Gasteiger partial charge on any atom is -0.493 e. The van der Waals surface area contributed by atoms with Crippen LogP contribution in [-0.2, 0) is 24.1 Å². The second-order valence-corrected chi connectivity index (χ2v) is 9.42. The van der Waals surface area contributed by atoms with E-state index in [0.29, 0.717) is 17.9 Å². The second-order valence-electron chi connectivity index (χ2n) is 9.42. The molecular formula is C25H27N5O2. The summed E-state index contributed by atoms with van der Waals surface area (Å²) in [5, 5.41) is 3.24. The van der Waals surface area contributed by atoms with Gasteiger partial charge in [0.15, 0.2) is 5.82 Å². The molecule has 0 radical (unpaired) electrons. The van der Waals surface area contributed by atoms with Crippen LogP contribution in [0.3, 0.4) is 0 Å². The van der Waals surface area contributed by atoms with Crippen LogP contribution < -0.4 is 10.1 Å². The predicted octanol–water partition coefficient (Wildman–Crippen LogP) is 3.63. The summed E-state index contributed by atoms with van der Waals surface area (Å²) in [6.45, 7) is 5.19. The molecule has 0 saturated carbocycles. The van der Waals surface area contributed by atoms with Crippen molar-refractivity contribution in [2.24, 2.45) is 5.41 Å². The van der Waals surface area contributed by atoms with Gasteiger partial charge in [0.1, 0.15) is 11.4 Å². The molecule has 7 nitrogen and oxygen atoms in total. The van der Waals surface area contributed by atoms with Crippen LogP contribution in [0, 0.1) is 5.41 Å². The van der Waals surface area contributed by atoms with E-state index >= 15 is 0 Å². The highest BCUT2D eigenvalue weighted by Gasteiger charge is 2.34. The quantitative estimate of drug-likeness (QED) is 0.681. The predicted molar refractivity (Wildman–Crippen MR) is 120 cm³/mol. The van der Waals surface area contributed by atoms with Gasteiger partial charge in [0.2, 0.25) is 5.91 Å². The van der Waals surface area contributed by atoms with Gasteiger partial charge < -0.3 is 10.1 Å². The maximum atomic E-state index is 13.0. The molecule has 164 valence electrons. The van der Waals surface area contributed by atoms with Crippen molar-refractivity contribution < 1.29 is 9.53 Å². The maximum Gasteiger partial charge on any atom is 0.224 e. The van der Waals surface area contributed by atoms with Crippen LogP contribution in [-0.4, -0.2) is 32.4 Å². The van der Waals surface area contributed by atoms with Crippen LogP contribution in [0.2, 0.25) is 0 Å². The van der Waals surface area contributed by atoms with Crippen LogP contribution in [0.1, 0.15) is 55.1 Å². The first-order chi connectivity index (χ1) is 15.5. The molecule has 1 N–H and O–H groups in total. The molecule has 1 aliphatic carbocycles. The lowest BCUT2D eigenvalue weighted by molar-refractivity contribution is -0.121. The number of amides is 1. The van der Waals surface area contributed by atoms with Crippen molar-refractivity contribution in [2.45, 2.75) is 52.0 Å². The number of carbonyl (C=O) groups excluding carboxylic acids is 1. The van der Waals surface area contributed by atoms with Gasteiger partial charge in [-0.05, 0) is 48.3 Å². The molecule has 1 atom stereocenters. The third-order valence-corrected chi connectivity index (χ3v) is 6.14. The number of rotatable bonds is 4. The molecule has 0 bridgehead atoms. The maximum absolute atomic E-state index is 13.0. The first-order valence-corrected chi connectivity index (χ1v) is 11.1. The number of aryl methyl sites for hydroxylation is 1. The van der Waals surface area contributed by atoms with Gasteiger partial charge in [0.25, 0.3) is 0 Å². The molecule has 1 aliphatic heterocycles. The van der Waals surface area contributed by atoms with E-state index in [1.165, 1.54) is 5.56 Å². The van der Waals surface area contributed by atoms with E-state index in [1.807, 2.05) is 18.3 Å². The van der Waals surface area contributed by atoms with Crippen molar-refractivity contribution in [1.82, 2.24) is 25.3 Å². The van der Waals surface area contributed by atoms with Gasteiger partial charge in [-0.1, -0.05) is 26.0 Å². The van der Waals surface area contributed by atoms with Gasteiger partial charge >= 0.3 is 0 Å². The minimum atomic E-state index is -0.113. The molecule has 1 aromatic carbocycles. The Balaban J connectivity index is 1.35. The first-order valence-electron chi connectivity index (χ1n) is 11.1. The van der Waals surface area contributed by atoms with Crippen molar-refractivity contribution in [3.8, 4) is 17.3 Å². The number of benzene rings is 1.